The Balaban J connectivity index is 1.41. The van der Waals surface area contributed by atoms with Crippen LogP contribution in [0.15, 0.2) is 36.7 Å². The predicted octanol–water partition coefficient (Wildman–Crippen LogP) is 4.18. The van der Waals surface area contributed by atoms with E-state index < -0.39 is 0 Å². The highest BCUT2D eigenvalue weighted by Gasteiger charge is 2.26. The van der Waals surface area contributed by atoms with Gasteiger partial charge in [-0.15, -0.1) is 5.10 Å². The molecule has 29 heavy (non-hydrogen) atoms. The molecule has 1 aromatic carbocycles. The van der Waals surface area contributed by atoms with E-state index in [0.717, 1.165) is 67.5 Å². The van der Waals surface area contributed by atoms with Crippen molar-refractivity contribution < 1.29 is 0 Å². The maximum atomic E-state index is 6.22. The van der Waals surface area contributed by atoms with Crippen molar-refractivity contribution in [3.8, 4) is 11.4 Å². The van der Waals surface area contributed by atoms with Crippen molar-refractivity contribution in [1.29, 1.82) is 0 Å². The van der Waals surface area contributed by atoms with Crippen molar-refractivity contribution in [3.63, 3.8) is 0 Å². The lowest BCUT2D eigenvalue weighted by atomic mass is 9.93. The molecule has 2 aliphatic rings. The molecule has 6 nitrogen and oxygen atoms in total. The second-order valence-electron chi connectivity index (χ2n) is 8.07. The van der Waals surface area contributed by atoms with Crippen molar-refractivity contribution in [3.05, 3.63) is 52.9 Å². The zero-order valence-electron chi connectivity index (χ0n) is 16.5. The Morgan fingerprint density at radius 3 is 2.72 bits per heavy atom. The van der Waals surface area contributed by atoms with Crippen molar-refractivity contribution in [2.24, 2.45) is 5.92 Å². The number of piperidine rings is 1. The molecule has 0 bridgehead atoms. The van der Waals surface area contributed by atoms with Crippen molar-refractivity contribution in [2.45, 2.75) is 45.1 Å². The monoisotopic (exact) mass is 408 g/mol. The number of aryl methyl sites for hydroxylation is 1. The highest BCUT2D eigenvalue weighted by Crippen LogP contribution is 2.33. The summed E-state index contributed by atoms with van der Waals surface area (Å²) in [5.41, 5.74) is 3.57. The van der Waals surface area contributed by atoms with Gasteiger partial charge in [0.15, 0.2) is 5.82 Å². The van der Waals surface area contributed by atoms with Crippen molar-refractivity contribution >= 4 is 17.4 Å². The van der Waals surface area contributed by atoms with E-state index in [2.05, 4.69) is 15.2 Å². The number of rotatable bonds is 4. The van der Waals surface area contributed by atoms with E-state index in [0.29, 0.717) is 5.92 Å². The van der Waals surface area contributed by atoms with E-state index in [1.807, 2.05) is 35.1 Å². The largest absolute Gasteiger partial charge is 0.356 e. The molecule has 0 atom stereocenters. The lowest BCUT2D eigenvalue weighted by Gasteiger charge is -2.35. The molecule has 0 spiro atoms. The summed E-state index contributed by atoms with van der Waals surface area (Å²) in [5, 5.41) is 8.76. The number of fused-ring (bicyclic) bond motifs is 1. The summed E-state index contributed by atoms with van der Waals surface area (Å²) in [6, 6.07) is 7.87. The summed E-state index contributed by atoms with van der Waals surface area (Å²) < 4.78 is 1.95. The van der Waals surface area contributed by atoms with Crippen LogP contribution in [0.25, 0.3) is 11.4 Å². The van der Waals surface area contributed by atoms with Gasteiger partial charge in [-0.3, -0.25) is 4.68 Å². The molecule has 0 N–H and O–H groups in total. The molecule has 3 heterocycles. The first-order valence-electron chi connectivity index (χ1n) is 10.5. The molecule has 150 valence electrons. The molecule has 0 amide bonds. The van der Waals surface area contributed by atoms with E-state index in [1.165, 1.54) is 24.1 Å². The van der Waals surface area contributed by atoms with E-state index in [-0.39, 0.29) is 0 Å². The molecule has 1 aliphatic heterocycles. The minimum absolute atomic E-state index is 0.637. The Kier molecular flexibility index (Phi) is 5.19. The van der Waals surface area contributed by atoms with Gasteiger partial charge in [0.2, 0.25) is 0 Å². The maximum Gasteiger partial charge on any atom is 0.161 e. The number of nitrogens with zero attached hydrogens (tertiary/aromatic N) is 6. The Bertz CT molecular complexity index is 979. The molecule has 0 saturated carbocycles. The van der Waals surface area contributed by atoms with Crippen LogP contribution >= 0.6 is 11.6 Å². The smallest absolute Gasteiger partial charge is 0.161 e. The lowest BCUT2D eigenvalue weighted by molar-refractivity contribution is 0.338. The average molecular weight is 409 g/mol. The minimum Gasteiger partial charge on any atom is -0.356 e. The molecule has 1 aliphatic carbocycles. The van der Waals surface area contributed by atoms with Crippen LogP contribution in [0.1, 0.15) is 36.9 Å². The zero-order valence-corrected chi connectivity index (χ0v) is 17.2. The molecular formula is C22H25ClN6. The van der Waals surface area contributed by atoms with E-state index in [1.54, 1.807) is 6.20 Å². The van der Waals surface area contributed by atoms with Gasteiger partial charge in [0.05, 0.1) is 6.20 Å². The predicted molar refractivity (Wildman–Crippen MR) is 114 cm³/mol. The topological polar surface area (TPSA) is 59.7 Å². The van der Waals surface area contributed by atoms with Crippen LogP contribution in [0, 0.1) is 5.92 Å². The minimum atomic E-state index is 0.637. The Labute approximate surface area is 175 Å². The first-order chi connectivity index (χ1) is 14.3. The second-order valence-corrected chi connectivity index (χ2v) is 8.51. The van der Waals surface area contributed by atoms with Gasteiger partial charge in [-0.1, -0.05) is 28.9 Å². The third kappa shape index (κ3) is 3.99. The summed E-state index contributed by atoms with van der Waals surface area (Å²) >= 11 is 6.22. The fourth-order valence-electron chi connectivity index (χ4n) is 4.51. The van der Waals surface area contributed by atoms with E-state index in [9.17, 15) is 0 Å². The van der Waals surface area contributed by atoms with Crippen LogP contribution in [0.3, 0.4) is 0 Å². The van der Waals surface area contributed by atoms with Crippen LogP contribution in [-0.4, -0.2) is 38.1 Å². The number of anilines is 1. The van der Waals surface area contributed by atoms with E-state index >= 15 is 0 Å². The molecule has 5 rings (SSSR count). The third-order valence-electron chi connectivity index (χ3n) is 6.08. The van der Waals surface area contributed by atoms with Gasteiger partial charge in [-0.25, -0.2) is 9.97 Å². The fourth-order valence-corrected chi connectivity index (χ4v) is 4.70. The average Bonchev–Trinajstić information content (AvgIpc) is 3.27. The van der Waals surface area contributed by atoms with E-state index in [4.69, 9.17) is 21.6 Å². The third-order valence-corrected chi connectivity index (χ3v) is 6.31. The molecule has 7 heteroatoms. The lowest BCUT2D eigenvalue weighted by Crippen LogP contribution is -2.37. The number of aromatic nitrogens is 5. The summed E-state index contributed by atoms with van der Waals surface area (Å²) in [6.45, 7) is 3.00. The Morgan fingerprint density at radius 1 is 1.07 bits per heavy atom. The Hall–Kier alpha value is -2.47. The van der Waals surface area contributed by atoms with Gasteiger partial charge in [-0.2, -0.15) is 0 Å². The summed E-state index contributed by atoms with van der Waals surface area (Å²) in [4.78, 5) is 12.5. The molecule has 2 aromatic heterocycles. The molecule has 3 aromatic rings. The number of halogens is 1. The quantitative estimate of drug-likeness (QED) is 0.648. The van der Waals surface area contributed by atoms with Crippen LogP contribution in [0.4, 0.5) is 5.82 Å². The first kappa shape index (κ1) is 18.6. The summed E-state index contributed by atoms with van der Waals surface area (Å²) in [7, 11) is 0. The zero-order chi connectivity index (χ0) is 19.6. The van der Waals surface area contributed by atoms with Crippen LogP contribution in [0.2, 0.25) is 5.02 Å². The molecule has 1 saturated heterocycles. The van der Waals surface area contributed by atoms with Gasteiger partial charge in [0.25, 0.3) is 0 Å². The van der Waals surface area contributed by atoms with Crippen LogP contribution in [0.5, 0.6) is 0 Å². The van der Waals surface area contributed by atoms with Gasteiger partial charge in [0.1, 0.15) is 5.82 Å². The van der Waals surface area contributed by atoms with Crippen LogP contribution < -0.4 is 4.90 Å². The van der Waals surface area contributed by atoms with Gasteiger partial charge in [0, 0.05) is 47.7 Å². The van der Waals surface area contributed by atoms with Gasteiger partial charge >= 0.3 is 0 Å². The number of hydrogen-bond acceptors (Lipinski definition) is 5. The fraction of sp³-hybridized carbons (Fsp3) is 0.455. The maximum absolute atomic E-state index is 6.22. The highest BCUT2D eigenvalue weighted by atomic mass is 35.5. The standard InChI is InChI=1S/C22H25ClN6/c23-18-5-3-4-17(14-18)21-25-20-7-2-1-6-19(20)22(26-21)28-11-8-16(9-12-28)15-29-13-10-24-27-29/h3-5,10,13-14,16H,1-2,6-9,11-12,15H2. The van der Waals surface area contributed by atoms with Gasteiger partial charge in [-0.05, 0) is 56.6 Å². The molecule has 1 fully saturated rings. The van der Waals surface area contributed by atoms with Crippen molar-refractivity contribution in [1.82, 2.24) is 25.0 Å². The molecule has 0 unspecified atom stereocenters. The summed E-state index contributed by atoms with van der Waals surface area (Å²) in [6.07, 6.45) is 10.5. The summed E-state index contributed by atoms with van der Waals surface area (Å²) in [5.74, 6) is 2.58. The Morgan fingerprint density at radius 2 is 1.93 bits per heavy atom. The number of hydrogen-bond donors (Lipinski definition) is 0. The normalized spacial score (nSPS) is 17.3. The first-order valence-corrected chi connectivity index (χ1v) is 10.9. The second kappa shape index (κ2) is 8.11. The van der Waals surface area contributed by atoms with Crippen LogP contribution in [-0.2, 0) is 19.4 Å². The highest BCUT2D eigenvalue weighted by molar-refractivity contribution is 6.30. The van der Waals surface area contributed by atoms with Crippen molar-refractivity contribution in [2.75, 3.05) is 18.0 Å². The SMILES string of the molecule is Clc1cccc(-c2nc3c(c(N4CCC(Cn5ccnn5)CC4)n2)CCCC3)c1. The van der Waals surface area contributed by atoms with Gasteiger partial charge < -0.3 is 4.90 Å². The molecular weight excluding hydrogens is 384 g/mol. The molecule has 0 radical (unpaired) electrons. The number of benzene rings is 1.